The molecule has 0 spiro atoms. The van der Waals surface area contributed by atoms with E-state index in [9.17, 15) is 18.5 Å². The Bertz CT molecular complexity index is 1310. The van der Waals surface area contributed by atoms with Crippen LogP contribution in [0.25, 0.3) is 10.8 Å². The first kappa shape index (κ1) is 21.8. The molecule has 2 aliphatic heterocycles. The maximum atomic E-state index is 14.8. The summed E-state index contributed by atoms with van der Waals surface area (Å²) in [6, 6.07) is 11.9. The van der Waals surface area contributed by atoms with E-state index in [1.54, 1.807) is 29.2 Å². The van der Waals surface area contributed by atoms with Gasteiger partial charge in [-0.05, 0) is 36.6 Å². The number of aromatic amines is 1. The van der Waals surface area contributed by atoms with Gasteiger partial charge < -0.3 is 14.4 Å². The molecule has 2 aliphatic rings. The zero-order chi connectivity index (χ0) is 23.0. The van der Waals surface area contributed by atoms with Crippen LogP contribution in [0.15, 0.2) is 47.3 Å². The van der Waals surface area contributed by atoms with E-state index < -0.39 is 13.0 Å². The van der Waals surface area contributed by atoms with E-state index in [1.165, 1.54) is 6.07 Å². The molecule has 0 aliphatic carbocycles. The highest BCUT2D eigenvalue weighted by Crippen LogP contribution is 2.47. The SMILES string of the molecule is O=C(N1CCCC1)N1CCP(=O)(c2cc(Cc3n[nH]c(=O)c4ccccc34)ccc2F)CC1. The van der Waals surface area contributed by atoms with Gasteiger partial charge >= 0.3 is 6.03 Å². The summed E-state index contributed by atoms with van der Waals surface area (Å²) in [5, 5.41) is 8.27. The summed E-state index contributed by atoms with van der Waals surface area (Å²) in [6.45, 7) is 2.30. The van der Waals surface area contributed by atoms with Gasteiger partial charge in [-0.25, -0.2) is 14.3 Å². The van der Waals surface area contributed by atoms with Gasteiger partial charge in [-0.15, -0.1) is 0 Å². The maximum Gasteiger partial charge on any atom is 0.320 e. The number of H-pyrrole nitrogens is 1. The molecule has 9 heteroatoms. The number of carbonyl (C=O) groups is 1. The molecule has 0 unspecified atom stereocenters. The fourth-order valence-electron chi connectivity index (χ4n) is 4.81. The number of carbonyl (C=O) groups excluding carboxylic acids is 1. The molecule has 0 radical (unpaired) electrons. The van der Waals surface area contributed by atoms with Gasteiger partial charge in [0, 0.05) is 55.6 Å². The number of nitrogens with zero attached hydrogens (tertiary/aromatic N) is 3. The maximum absolute atomic E-state index is 14.8. The molecule has 2 fully saturated rings. The molecule has 7 nitrogen and oxygen atoms in total. The third-order valence-electron chi connectivity index (χ3n) is 6.71. The van der Waals surface area contributed by atoms with E-state index in [1.807, 2.05) is 17.0 Å². The Morgan fingerprint density at radius 3 is 2.39 bits per heavy atom. The molecule has 3 heterocycles. The second-order valence-corrected chi connectivity index (χ2v) is 12.0. The van der Waals surface area contributed by atoms with Crippen molar-refractivity contribution in [1.29, 1.82) is 0 Å². The van der Waals surface area contributed by atoms with Crippen molar-refractivity contribution < 1.29 is 13.8 Å². The molecule has 1 aromatic heterocycles. The fraction of sp³-hybridized carbons (Fsp3) is 0.375. The van der Waals surface area contributed by atoms with Crippen LogP contribution in [0.2, 0.25) is 0 Å². The Hall–Kier alpha value is -2.99. The minimum Gasteiger partial charge on any atom is -0.325 e. The van der Waals surface area contributed by atoms with Gasteiger partial charge in [0.25, 0.3) is 5.56 Å². The molecule has 0 saturated carbocycles. The quantitative estimate of drug-likeness (QED) is 0.599. The monoisotopic (exact) mass is 468 g/mol. The van der Waals surface area contributed by atoms with Crippen molar-refractivity contribution in [3.63, 3.8) is 0 Å². The lowest BCUT2D eigenvalue weighted by Gasteiger charge is -2.35. The first-order chi connectivity index (χ1) is 15.9. The number of halogens is 1. The number of benzene rings is 2. The first-order valence-corrected chi connectivity index (χ1v) is 13.4. The van der Waals surface area contributed by atoms with Gasteiger partial charge in [0.1, 0.15) is 13.0 Å². The van der Waals surface area contributed by atoms with Crippen LogP contribution in [-0.4, -0.2) is 64.5 Å². The molecule has 33 heavy (non-hydrogen) atoms. The van der Waals surface area contributed by atoms with Gasteiger partial charge in [0.2, 0.25) is 0 Å². The van der Waals surface area contributed by atoms with Crippen LogP contribution in [0.3, 0.4) is 0 Å². The second kappa shape index (κ2) is 8.75. The summed E-state index contributed by atoms with van der Waals surface area (Å²) in [5.41, 5.74) is 1.20. The lowest BCUT2D eigenvalue weighted by atomic mass is 10.0. The minimum atomic E-state index is -2.97. The minimum absolute atomic E-state index is 0.00370. The van der Waals surface area contributed by atoms with E-state index in [0.717, 1.165) is 36.9 Å². The van der Waals surface area contributed by atoms with Crippen LogP contribution in [0.4, 0.5) is 9.18 Å². The number of likely N-dealkylation sites (tertiary alicyclic amines) is 1. The Morgan fingerprint density at radius 2 is 1.67 bits per heavy atom. The van der Waals surface area contributed by atoms with Crippen LogP contribution in [0.1, 0.15) is 24.1 Å². The molecular weight excluding hydrogens is 442 g/mol. The van der Waals surface area contributed by atoms with Crippen molar-refractivity contribution in [2.75, 3.05) is 38.5 Å². The third-order valence-corrected chi connectivity index (χ3v) is 9.77. The summed E-state index contributed by atoms with van der Waals surface area (Å²) in [7, 11) is -2.97. The Kier molecular flexibility index (Phi) is 5.79. The van der Waals surface area contributed by atoms with Crippen LogP contribution >= 0.6 is 7.14 Å². The van der Waals surface area contributed by atoms with Gasteiger partial charge in [-0.2, -0.15) is 5.10 Å². The van der Waals surface area contributed by atoms with Crippen LogP contribution < -0.4 is 10.9 Å². The number of rotatable bonds is 3. The number of nitrogens with one attached hydrogen (secondary N) is 1. The highest BCUT2D eigenvalue weighted by molar-refractivity contribution is 7.71. The van der Waals surface area contributed by atoms with E-state index in [2.05, 4.69) is 10.2 Å². The number of amides is 2. The van der Waals surface area contributed by atoms with E-state index in [4.69, 9.17) is 0 Å². The summed E-state index contributed by atoms with van der Waals surface area (Å²) >= 11 is 0. The van der Waals surface area contributed by atoms with E-state index >= 15 is 0 Å². The topological polar surface area (TPSA) is 86.4 Å². The Labute approximate surface area is 191 Å². The Balaban J connectivity index is 1.37. The second-order valence-electron chi connectivity index (χ2n) is 8.81. The molecule has 0 bridgehead atoms. The molecule has 3 aromatic rings. The number of fused-ring (bicyclic) bond motifs is 1. The van der Waals surface area contributed by atoms with Crippen molar-refractivity contribution in [3.8, 4) is 0 Å². The van der Waals surface area contributed by atoms with E-state index in [-0.39, 0.29) is 29.2 Å². The van der Waals surface area contributed by atoms with Gasteiger partial charge in [-0.3, -0.25) is 4.79 Å². The standard InChI is InChI=1S/C24H26FN4O3P/c25-20-8-7-17(15-21-18-5-1-2-6-19(18)23(30)27-26-21)16-22(20)33(32)13-11-29(12-14-33)24(31)28-9-3-4-10-28/h1-2,5-8,16H,3-4,9-15H2,(H,27,30). The zero-order valence-electron chi connectivity index (χ0n) is 18.3. The normalized spacial score (nSPS) is 18.1. The average Bonchev–Trinajstić information content (AvgIpc) is 3.37. The molecular formula is C24H26FN4O3P. The van der Waals surface area contributed by atoms with Gasteiger partial charge in [-0.1, -0.05) is 24.3 Å². The van der Waals surface area contributed by atoms with Crippen molar-refractivity contribution in [2.24, 2.45) is 0 Å². The molecule has 2 amide bonds. The average molecular weight is 468 g/mol. The predicted molar refractivity (Wildman–Crippen MR) is 126 cm³/mol. The molecule has 5 rings (SSSR count). The molecule has 2 aromatic carbocycles. The van der Waals surface area contributed by atoms with Crippen LogP contribution in [0.5, 0.6) is 0 Å². The van der Waals surface area contributed by atoms with E-state index in [0.29, 0.717) is 30.6 Å². The zero-order valence-corrected chi connectivity index (χ0v) is 19.2. The van der Waals surface area contributed by atoms with Crippen molar-refractivity contribution in [3.05, 3.63) is 69.9 Å². The summed E-state index contributed by atoms with van der Waals surface area (Å²) in [5.74, 6) is -0.472. The first-order valence-electron chi connectivity index (χ1n) is 11.3. The third kappa shape index (κ3) is 4.20. The number of hydrogen-bond acceptors (Lipinski definition) is 4. The highest BCUT2D eigenvalue weighted by atomic mass is 31.2. The number of urea groups is 1. The molecule has 2 saturated heterocycles. The fourth-order valence-corrected chi connectivity index (χ4v) is 7.51. The lowest BCUT2D eigenvalue weighted by molar-refractivity contribution is 0.166. The summed E-state index contributed by atoms with van der Waals surface area (Å²) in [4.78, 5) is 28.3. The molecule has 0 atom stereocenters. The van der Waals surface area contributed by atoms with Gasteiger partial charge in [0.05, 0.1) is 11.1 Å². The van der Waals surface area contributed by atoms with Crippen molar-refractivity contribution in [2.45, 2.75) is 19.3 Å². The highest BCUT2D eigenvalue weighted by Gasteiger charge is 2.36. The summed E-state index contributed by atoms with van der Waals surface area (Å²) in [6.07, 6.45) is 2.99. The largest absolute Gasteiger partial charge is 0.325 e. The smallest absolute Gasteiger partial charge is 0.320 e. The molecule has 172 valence electrons. The van der Waals surface area contributed by atoms with Crippen molar-refractivity contribution in [1.82, 2.24) is 20.0 Å². The predicted octanol–water partition coefficient (Wildman–Crippen LogP) is 3.17. The van der Waals surface area contributed by atoms with Gasteiger partial charge in [0.15, 0.2) is 0 Å². The van der Waals surface area contributed by atoms with Crippen molar-refractivity contribution >= 4 is 29.2 Å². The lowest BCUT2D eigenvalue weighted by Crippen LogP contribution is -2.47. The Morgan fingerprint density at radius 1 is 1.00 bits per heavy atom. The molecule has 1 N–H and O–H groups in total. The van der Waals surface area contributed by atoms with Crippen LogP contribution in [0, 0.1) is 5.82 Å². The number of hydrogen-bond donors (Lipinski definition) is 1. The van der Waals surface area contributed by atoms with Crippen LogP contribution in [-0.2, 0) is 11.0 Å². The number of aromatic nitrogens is 2. The summed E-state index contributed by atoms with van der Waals surface area (Å²) < 4.78 is 28.6.